The minimum absolute atomic E-state index is 0.649. The Morgan fingerprint density at radius 1 is 0.291 bits per heavy atom. The second kappa shape index (κ2) is 12.8. The minimum Gasteiger partial charge on any atom is -0.208 e. The van der Waals surface area contributed by atoms with E-state index in [0.29, 0.717) is 17.5 Å². The summed E-state index contributed by atoms with van der Waals surface area (Å²) in [5.74, 6) is 1.96. The van der Waals surface area contributed by atoms with E-state index in [0.717, 1.165) is 22.3 Å². The highest BCUT2D eigenvalue weighted by Gasteiger charge is 2.18. The van der Waals surface area contributed by atoms with Crippen LogP contribution in [0.2, 0.25) is 0 Å². The molecule has 11 aromatic rings. The Morgan fingerprint density at radius 2 is 0.745 bits per heavy atom. The summed E-state index contributed by atoms with van der Waals surface area (Å²) in [6.07, 6.45) is 0. The van der Waals surface area contributed by atoms with Gasteiger partial charge in [0.1, 0.15) is 0 Å². The summed E-state index contributed by atoms with van der Waals surface area (Å²) in [7, 11) is 0. The zero-order valence-electron chi connectivity index (χ0n) is 29.6. The Labute approximate surface area is 321 Å². The van der Waals surface area contributed by atoms with Crippen LogP contribution in [-0.4, -0.2) is 15.0 Å². The molecule has 0 bridgehead atoms. The van der Waals surface area contributed by atoms with Crippen molar-refractivity contribution < 1.29 is 0 Å². The molecule has 0 aliphatic heterocycles. The van der Waals surface area contributed by atoms with E-state index in [4.69, 9.17) is 15.0 Å². The highest BCUT2D eigenvalue weighted by atomic mass is 32.1. The van der Waals surface area contributed by atoms with E-state index in [1.807, 2.05) is 72.0 Å². The molecule has 2 heterocycles. The molecule has 0 aliphatic rings. The Morgan fingerprint density at radius 3 is 1.40 bits per heavy atom. The monoisotopic (exact) mass is 717 g/mol. The van der Waals surface area contributed by atoms with Gasteiger partial charge in [0.05, 0.1) is 0 Å². The predicted molar refractivity (Wildman–Crippen MR) is 232 cm³/mol. The Hall–Kier alpha value is -7.01. The van der Waals surface area contributed by atoms with Gasteiger partial charge >= 0.3 is 0 Å². The summed E-state index contributed by atoms with van der Waals surface area (Å²) in [5.41, 5.74) is 7.66. The summed E-state index contributed by atoms with van der Waals surface area (Å²) in [6.45, 7) is 0. The van der Waals surface area contributed by atoms with Gasteiger partial charge in [0, 0.05) is 36.9 Å². The predicted octanol–water partition coefficient (Wildman–Crippen LogP) is 14.0. The third-order valence-electron chi connectivity index (χ3n) is 10.7. The zero-order valence-corrected chi connectivity index (χ0v) is 30.5. The molecule has 0 saturated heterocycles. The Kier molecular flexibility index (Phi) is 7.35. The van der Waals surface area contributed by atoms with E-state index in [1.54, 1.807) is 0 Å². The maximum atomic E-state index is 5.02. The normalized spacial score (nSPS) is 11.6. The third kappa shape index (κ3) is 5.30. The lowest BCUT2D eigenvalue weighted by Crippen LogP contribution is -2.00. The molecule has 11 rings (SSSR count). The van der Waals surface area contributed by atoms with Gasteiger partial charge in [0.2, 0.25) is 0 Å². The van der Waals surface area contributed by atoms with Crippen molar-refractivity contribution >= 4 is 63.8 Å². The van der Waals surface area contributed by atoms with Crippen molar-refractivity contribution in [2.24, 2.45) is 0 Å². The average molecular weight is 718 g/mol. The average Bonchev–Trinajstić information content (AvgIpc) is 3.66. The maximum absolute atomic E-state index is 5.02. The van der Waals surface area contributed by atoms with Gasteiger partial charge in [-0.25, -0.2) is 15.0 Å². The van der Waals surface area contributed by atoms with Crippen LogP contribution < -0.4 is 0 Å². The van der Waals surface area contributed by atoms with Gasteiger partial charge in [0.15, 0.2) is 17.5 Å². The topological polar surface area (TPSA) is 38.7 Å². The summed E-state index contributed by atoms with van der Waals surface area (Å²) in [6, 6.07) is 66.9. The van der Waals surface area contributed by atoms with Crippen LogP contribution in [-0.2, 0) is 0 Å². The molecule has 2 aromatic heterocycles. The lowest BCUT2D eigenvalue weighted by Gasteiger charge is -2.12. The highest BCUT2D eigenvalue weighted by molar-refractivity contribution is 7.26. The second-order valence-electron chi connectivity index (χ2n) is 13.9. The molecule has 0 saturated carbocycles. The van der Waals surface area contributed by atoms with Crippen LogP contribution in [0.25, 0.3) is 109 Å². The number of aromatic nitrogens is 3. The first kappa shape index (κ1) is 31.5. The first-order valence-electron chi connectivity index (χ1n) is 18.5. The van der Waals surface area contributed by atoms with Crippen molar-refractivity contribution in [3.63, 3.8) is 0 Å². The molecule has 256 valence electrons. The number of benzene rings is 9. The van der Waals surface area contributed by atoms with Gasteiger partial charge in [-0.05, 0) is 72.8 Å². The van der Waals surface area contributed by atoms with Crippen molar-refractivity contribution in [3.8, 4) is 56.4 Å². The van der Waals surface area contributed by atoms with Crippen molar-refractivity contribution in [1.29, 1.82) is 0 Å². The van der Waals surface area contributed by atoms with Crippen LogP contribution in [0, 0.1) is 0 Å². The van der Waals surface area contributed by atoms with Crippen molar-refractivity contribution in [3.05, 3.63) is 188 Å². The zero-order chi connectivity index (χ0) is 36.3. The molecular formula is C51H31N3S. The van der Waals surface area contributed by atoms with Crippen LogP contribution in [0.15, 0.2) is 188 Å². The number of hydrogen-bond donors (Lipinski definition) is 0. The van der Waals surface area contributed by atoms with Crippen LogP contribution >= 0.6 is 11.3 Å². The molecule has 0 spiro atoms. The van der Waals surface area contributed by atoms with Crippen molar-refractivity contribution in [2.45, 2.75) is 0 Å². The van der Waals surface area contributed by atoms with Crippen LogP contribution in [0.4, 0.5) is 0 Å². The minimum atomic E-state index is 0.649. The lowest BCUT2D eigenvalue weighted by atomic mass is 9.91. The molecule has 3 nitrogen and oxygen atoms in total. The summed E-state index contributed by atoms with van der Waals surface area (Å²) in [5, 5.41) is 10.3. The number of nitrogens with zero attached hydrogens (tertiary/aromatic N) is 3. The highest BCUT2D eigenvalue weighted by Crippen LogP contribution is 2.45. The molecule has 0 unspecified atom stereocenters. The van der Waals surface area contributed by atoms with Gasteiger partial charge in [-0.3, -0.25) is 0 Å². The molecule has 55 heavy (non-hydrogen) atoms. The molecular weight excluding hydrogens is 687 g/mol. The van der Waals surface area contributed by atoms with Gasteiger partial charge in [0.25, 0.3) is 0 Å². The first-order valence-corrected chi connectivity index (χ1v) is 19.3. The lowest BCUT2D eigenvalue weighted by molar-refractivity contribution is 1.07. The second-order valence-corrected chi connectivity index (χ2v) is 15.0. The first-order chi connectivity index (χ1) is 27.3. The smallest absolute Gasteiger partial charge is 0.164 e. The molecule has 0 fully saturated rings. The van der Waals surface area contributed by atoms with E-state index >= 15 is 0 Å². The molecule has 4 heteroatoms. The van der Waals surface area contributed by atoms with E-state index in [1.165, 1.54) is 69.2 Å². The van der Waals surface area contributed by atoms with Crippen molar-refractivity contribution in [1.82, 2.24) is 15.0 Å². The molecule has 0 aliphatic carbocycles. The largest absolute Gasteiger partial charge is 0.208 e. The quantitative estimate of drug-likeness (QED) is 0.166. The fraction of sp³-hybridized carbons (Fsp3) is 0. The SMILES string of the molecule is c1ccc(-c2nc(-c3ccccc3)nc(-c3cccc(-c4cccc5sc6c(-c7ccc8c9ccccc9c9ccccc9c8c7)cccc6c45)c3)n2)cc1. The fourth-order valence-electron chi connectivity index (χ4n) is 8.15. The van der Waals surface area contributed by atoms with E-state index in [-0.39, 0.29) is 0 Å². The third-order valence-corrected chi connectivity index (χ3v) is 11.9. The summed E-state index contributed by atoms with van der Waals surface area (Å²) in [4.78, 5) is 14.9. The van der Waals surface area contributed by atoms with Crippen molar-refractivity contribution in [2.75, 3.05) is 0 Å². The molecule has 0 radical (unpaired) electrons. The number of hydrogen-bond acceptors (Lipinski definition) is 4. The standard InChI is InChI=1S/C51H31N3S/c1-3-14-32(15-4-1)49-52-50(33-16-5-2-6-17-33)54-51(53-49)36-19-11-18-34(30-36)37-24-13-27-46-47(37)44-26-12-25-38(48(44)55-46)35-28-29-43-41-22-8-7-20-39(41)40-21-9-10-23-42(40)45(43)31-35/h1-31H. The fourth-order valence-corrected chi connectivity index (χ4v) is 9.42. The number of thiophene rings is 1. The summed E-state index contributed by atoms with van der Waals surface area (Å²) >= 11 is 1.87. The van der Waals surface area contributed by atoms with Gasteiger partial charge < -0.3 is 0 Å². The van der Waals surface area contributed by atoms with E-state index in [9.17, 15) is 0 Å². The molecule has 0 amide bonds. The molecule has 0 atom stereocenters. The van der Waals surface area contributed by atoms with E-state index in [2.05, 4.69) is 127 Å². The maximum Gasteiger partial charge on any atom is 0.164 e. The molecule has 9 aromatic carbocycles. The number of fused-ring (bicyclic) bond motifs is 9. The Balaban J connectivity index is 1.06. The Bertz CT molecular complexity index is 3170. The summed E-state index contributed by atoms with van der Waals surface area (Å²) < 4.78 is 2.56. The van der Waals surface area contributed by atoms with Gasteiger partial charge in [-0.15, -0.1) is 11.3 Å². The molecule has 0 N–H and O–H groups in total. The van der Waals surface area contributed by atoms with Gasteiger partial charge in [-0.1, -0.05) is 170 Å². The van der Waals surface area contributed by atoms with Crippen LogP contribution in [0.5, 0.6) is 0 Å². The van der Waals surface area contributed by atoms with E-state index < -0.39 is 0 Å². The number of rotatable bonds is 5. The van der Waals surface area contributed by atoms with Gasteiger partial charge in [-0.2, -0.15) is 0 Å². The van der Waals surface area contributed by atoms with Crippen LogP contribution in [0.3, 0.4) is 0 Å². The van der Waals surface area contributed by atoms with Crippen LogP contribution in [0.1, 0.15) is 0 Å².